The minimum Gasteiger partial charge on any atom is -0.477 e. The fourth-order valence-corrected chi connectivity index (χ4v) is 7.12. The van der Waals surface area contributed by atoms with Gasteiger partial charge < -0.3 is 25.9 Å². The van der Waals surface area contributed by atoms with Gasteiger partial charge in [-0.25, -0.2) is 4.79 Å². The number of nitrogen functional groups attached to an aromatic ring is 1. The van der Waals surface area contributed by atoms with E-state index < -0.39 is 35.8 Å². The molecular weight excluding hydrogens is 591 g/mol. The van der Waals surface area contributed by atoms with Crippen molar-refractivity contribution < 1.29 is 29.1 Å². The largest absolute Gasteiger partial charge is 0.477 e. The molecule has 3 amide bonds. The van der Waals surface area contributed by atoms with Gasteiger partial charge in [-0.3, -0.25) is 19.3 Å². The van der Waals surface area contributed by atoms with Gasteiger partial charge in [-0.2, -0.15) is 9.36 Å². The Morgan fingerprint density at radius 3 is 2.74 bits per heavy atom. The Labute approximate surface area is 238 Å². The van der Waals surface area contributed by atoms with Crippen LogP contribution in [0.15, 0.2) is 26.3 Å². The molecule has 2 aliphatic heterocycles. The Balaban J connectivity index is 1.47. The molecule has 208 valence electrons. The van der Waals surface area contributed by atoms with Gasteiger partial charge in [-0.1, -0.05) is 28.3 Å². The first kappa shape index (κ1) is 28.7. The number of thioether (sulfide) groups is 2. The van der Waals surface area contributed by atoms with Crippen molar-refractivity contribution >= 4 is 80.9 Å². The number of amides is 3. The summed E-state index contributed by atoms with van der Waals surface area (Å²) in [7, 11) is 0. The molecule has 2 aromatic rings. The predicted octanol–water partition coefficient (Wildman–Crippen LogP) is 0.0918. The Bertz CT molecular complexity index is 1310. The Hall–Kier alpha value is -3.29. The number of fused-ring (bicyclic) bond motifs is 1. The third-order valence-electron chi connectivity index (χ3n) is 5.57. The van der Waals surface area contributed by atoms with E-state index in [1.807, 2.05) is 13.8 Å². The Kier molecular flexibility index (Phi) is 9.36. The number of β-lactam (4-membered cyclic amide) rings is 1. The maximum absolute atomic E-state index is 13.2. The molecule has 2 aromatic heterocycles. The van der Waals surface area contributed by atoms with E-state index in [0.717, 1.165) is 11.5 Å². The monoisotopic (exact) mass is 613 g/mol. The van der Waals surface area contributed by atoms with Gasteiger partial charge in [0, 0.05) is 36.1 Å². The summed E-state index contributed by atoms with van der Waals surface area (Å²) in [6.07, 6.45) is 0. The number of likely N-dealkylation sites (N-methyl/N-ethyl adjacent to an activating group) is 1. The molecule has 0 aliphatic carbocycles. The van der Waals surface area contributed by atoms with Gasteiger partial charge in [-0.15, -0.1) is 22.0 Å². The highest BCUT2D eigenvalue weighted by Gasteiger charge is 2.54. The minimum atomic E-state index is -1.23. The second-order valence-electron chi connectivity index (χ2n) is 7.85. The van der Waals surface area contributed by atoms with Crippen molar-refractivity contribution in [2.45, 2.75) is 29.6 Å². The average Bonchev–Trinajstić information content (AvgIpc) is 3.60. The van der Waals surface area contributed by atoms with Crippen LogP contribution in [0.5, 0.6) is 0 Å². The molecule has 0 saturated carbocycles. The molecule has 2 atom stereocenters. The lowest BCUT2D eigenvalue weighted by molar-refractivity contribution is -0.150. The number of carbonyl (C=O) groups excluding carboxylic acids is 3. The lowest BCUT2D eigenvalue weighted by Gasteiger charge is -2.49. The van der Waals surface area contributed by atoms with Gasteiger partial charge in [0.2, 0.25) is 11.5 Å². The summed E-state index contributed by atoms with van der Waals surface area (Å²) in [6.45, 7) is 4.18. The van der Waals surface area contributed by atoms with Crippen LogP contribution < -0.4 is 11.1 Å². The fourth-order valence-electron chi connectivity index (χ4n) is 3.71. The summed E-state index contributed by atoms with van der Waals surface area (Å²) >= 11 is 4.83. The molecule has 0 bridgehead atoms. The van der Waals surface area contributed by atoms with Gasteiger partial charge in [0.1, 0.15) is 22.6 Å². The number of nitrogens with zero attached hydrogens (tertiary/aromatic N) is 7. The van der Waals surface area contributed by atoms with E-state index in [-0.39, 0.29) is 28.3 Å². The van der Waals surface area contributed by atoms with Crippen LogP contribution in [0, 0.1) is 0 Å². The molecule has 19 heteroatoms. The lowest BCUT2D eigenvalue weighted by atomic mass is 10.0. The second-order valence-corrected chi connectivity index (χ2v) is 11.8. The van der Waals surface area contributed by atoms with E-state index in [4.69, 9.17) is 10.6 Å². The van der Waals surface area contributed by atoms with E-state index in [1.165, 1.54) is 44.7 Å². The Morgan fingerprint density at radius 2 is 2.13 bits per heavy atom. The van der Waals surface area contributed by atoms with E-state index in [9.17, 15) is 24.3 Å². The summed E-state index contributed by atoms with van der Waals surface area (Å²) in [5.74, 6) is -2.44. The number of hydrogen-bond donors (Lipinski definition) is 3. The van der Waals surface area contributed by atoms with E-state index >= 15 is 0 Å². The summed E-state index contributed by atoms with van der Waals surface area (Å²) in [6, 6.07) is -1.02. The number of nitrogens with one attached hydrogen (secondary N) is 1. The van der Waals surface area contributed by atoms with Crippen molar-refractivity contribution in [2.75, 3.05) is 36.9 Å². The number of carbonyl (C=O) groups is 4. The molecule has 4 N–H and O–H groups in total. The predicted molar refractivity (Wildman–Crippen MR) is 145 cm³/mol. The summed E-state index contributed by atoms with van der Waals surface area (Å²) in [4.78, 5) is 62.3. The number of anilines is 1. The molecule has 0 spiro atoms. The molecule has 1 saturated heterocycles. The number of hydrogen-bond acceptors (Lipinski definition) is 15. The maximum Gasteiger partial charge on any atom is 0.352 e. The van der Waals surface area contributed by atoms with E-state index in [1.54, 1.807) is 5.51 Å². The highest BCUT2D eigenvalue weighted by molar-refractivity contribution is 8.01. The topological polar surface area (TPSA) is 206 Å². The second kappa shape index (κ2) is 12.7. The number of nitrogens with two attached hydrogens (primary N) is 1. The Morgan fingerprint density at radius 1 is 1.36 bits per heavy atom. The normalized spacial score (nSPS) is 18.9. The number of carboxylic acid groups (broad SMARTS) is 1. The standard InChI is InChI=1S/C20H23N9O6S4/c1-3-28(4-2)10(30)5-35-26-11(14-24-19(21)39-27-14)15(31)23-12-16(32)29-13(18(33)34)9(6-36-17(12)29)7-37-20-25-22-8-38-20/h8,12,17H,3-7H2,1-2H3,(H,23,31)(H,33,34)(H2,21,24,27)/t12?,17-/m0/s1. The summed E-state index contributed by atoms with van der Waals surface area (Å²) in [5, 5.41) is 23.3. The van der Waals surface area contributed by atoms with E-state index in [0.29, 0.717) is 34.5 Å². The van der Waals surface area contributed by atoms with Crippen molar-refractivity contribution in [3.05, 3.63) is 22.6 Å². The molecular formula is C20H23N9O6S4. The smallest absolute Gasteiger partial charge is 0.352 e. The van der Waals surface area contributed by atoms with Crippen molar-refractivity contribution in [3.63, 3.8) is 0 Å². The van der Waals surface area contributed by atoms with Gasteiger partial charge in [0.05, 0.1) is 0 Å². The van der Waals surface area contributed by atoms with Crippen LogP contribution in [0.25, 0.3) is 0 Å². The maximum atomic E-state index is 13.2. The van der Waals surface area contributed by atoms with Crippen LogP contribution in [-0.2, 0) is 24.0 Å². The molecule has 2 aliphatic rings. The number of oxime groups is 1. The van der Waals surface area contributed by atoms with Crippen LogP contribution in [-0.4, -0.2) is 106 Å². The highest BCUT2D eigenvalue weighted by atomic mass is 32.2. The van der Waals surface area contributed by atoms with Gasteiger partial charge in [0.15, 0.2) is 16.1 Å². The molecule has 0 aromatic carbocycles. The van der Waals surface area contributed by atoms with Crippen LogP contribution in [0.1, 0.15) is 19.7 Å². The van der Waals surface area contributed by atoms with Crippen LogP contribution >= 0.6 is 46.4 Å². The third-order valence-corrected chi connectivity index (χ3v) is 9.40. The molecule has 4 rings (SSSR count). The number of aliphatic carboxylic acids is 1. The molecule has 39 heavy (non-hydrogen) atoms. The minimum absolute atomic E-state index is 0.0774. The summed E-state index contributed by atoms with van der Waals surface area (Å²) < 4.78 is 4.67. The molecule has 0 radical (unpaired) electrons. The summed E-state index contributed by atoms with van der Waals surface area (Å²) in [5.41, 5.74) is 7.32. The average molecular weight is 614 g/mol. The molecule has 4 heterocycles. The number of carboxylic acids is 1. The zero-order chi connectivity index (χ0) is 28.1. The van der Waals surface area contributed by atoms with Crippen molar-refractivity contribution in [1.29, 1.82) is 0 Å². The quantitative estimate of drug-likeness (QED) is 0.126. The number of rotatable bonds is 12. The third kappa shape index (κ3) is 6.31. The van der Waals surface area contributed by atoms with Crippen LogP contribution in [0.4, 0.5) is 5.13 Å². The van der Waals surface area contributed by atoms with Crippen molar-refractivity contribution in [1.82, 2.24) is 34.7 Å². The van der Waals surface area contributed by atoms with Crippen molar-refractivity contribution in [2.24, 2.45) is 5.16 Å². The lowest BCUT2D eigenvalue weighted by Crippen LogP contribution is -2.71. The molecule has 1 unspecified atom stereocenters. The first-order valence-electron chi connectivity index (χ1n) is 11.4. The van der Waals surface area contributed by atoms with Gasteiger partial charge in [-0.05, 0) is 19.4 Å². The number of aromatic nitrogens is 4. The van der Waals surface area contributed by atoms with Crippen LogP contribution in [0.3, 0.4) is 0 Å². The fraction of sp³-hybridized carbons (Fsp3) is 0.450. The molecule has 1 fully saturated rings. The zero-order valence-corrected chi connectivity index (χ0v) is 23.9. The van der Waals surface area contributed by atoms with Crippen LogP contribution in [0.2, 0.25) is 0 Å². The zero-order valence-electron chi connectivity index (χ0n) is 20.6. The SMILES string of the molecule is CCN(CC)C(=O)CON=C(C(=O)NC1C(=O)N2C(C(=O)O)=C(CSc3nncs3)CS[C@@H]12)c1nsc(N)n1. The first-order valence-corrected chi connectivity index (χ1v) is 15.1. The molecule has 15 nitrogen and oxygen atoms in total. The first-order chi connectivity index (χ1) is 18.7. The highest BCUT2D eigenvalue weighted by Crippen LogP contribution is 2.41. The van der Waals surface area contributed by atoms with Crippen molar-refractivity contribution in [3.8, 4) is 0 Å². The van der Waals surface area contributed by atoms with Gasteiger partial charge in [0.25, 0.3) is 17.7 Å². The van der Waals surface area contributed by atoms with Gasteiger partial charge >= 0.3 is 5.97 Å². The van der Waals surface area contributed by atoms with E-state index in [2.05, 4.69) is 30.0 Å².